The van der Waals surface area contributed by atoms with Gasteiger partial charge < -0.3 is 11.1 Å². The monoisotopic (exact) mass is 461 g/mol. The van der Waals surface area contributed by atoms with Gasteiger partial charge in [-0.05, 0) is 49.7 Å². The number of nitrogens with one attached hydrogen (secondary N) is 1. The van der Waals surface area contributed by atoms with Crippen LogP contribution in [0.5, 0.6) is 0 Å². The van der Waals surface area contributed by atoms with Crippen LogP contribution in [0.3, 0.4) is 0 Å². The van der Waals surface area contributed by atoms with Crippen molar-refractivity contribution in [2.75, 3.05) is 19.3 Å². The van der Waals surface area contributed by atoms with Gasteiger partial charge in [0.15, 0.2) is 0 Å². The zero-order valence-electron chi connectivity index (χ0n) is 16.4. The number of carbonyl (C=O) groups excluding carboxylic acids is 1. The molecule has 1 atom stereocenters. The third-order valence-electron chi connectivity index (χ3n) is 5.29. The average Bonchev–Trinajstić information content (AvgIpc) is 2.68. The molecule has 3 rings (SSSR count). The first-order chi connectivity index (χ1) is 13.7. The van der Waals surface area contributed by atoms with E-state index < -0.39 is 23.3 Å². The highest BCUT2D eigenvalue weighted by molar-refractivity contribution is 6.33. The third kappa shape index (κ3) is 5.59. The molecule has 0 bridgehead atoms. The molecule has 0 aliphatic carbocycles. The van der Waals surface area contributed by atoms with E-state index in [0.717, 1.165) is 30.7 Å². The molecule has 0 spiro atoms. The number of nitrogens with two attached hydrogens (primary N) is 1. The first kappa shape index (κ1) is 24.3. The SMILES string of the molecule is CN1CCCCC1c1ccc(CNC(=O)c2cc(Cl)c(N)c(C(F)(F)F)c2)cc1.Cl. The van der Waals surface area contributed by atoms with Gasteiger partial charge in [-0.1, -0.05) is 42.3 Å². The van der Waals surface area contributed by atoms with Crippen molar-refractivity contribution >= 4 is 35.6 Å². The van der Waals surface area contributed by atoms with E-state index in [0.29, 0.717) is 6.04 Å². The Bertz CT molecular complexity index is 888. The maximum absolute atomic E-state index is 13.1. The zero-order valence-corrected chi connectivity index (χ0v) is 18.0. The molecule has 0 radical (unpaired) electrons. The standard InChI is InChI=1S/C21H23ClF3N3O.ClH/c1-28-9-3-2-4-18(28)14-7-5-13(6-8-14)12-27-20(29)15-10-16(21(23,24)25)19(26)17(22)11-15;/h5-8,10-11,18H,2-4,9,12,26H2,1H3,(H,27,29);1H. The molecule has 0 saturated carbocycles. The van der Waals surface area contributed by atoms with Gasteiger partial charge >= 0.3 is 6.18 Å². The van der Waals surface area contributed by atoms with Crippen LogP contribution in [-0.4, -0.2) is 24.4 Å². The fourth-order valence-corrected chi connectivity index (χ4v) is 3.84. The molecule has 30 heavy (non-hydrogen) atoms. The topological polar surface area (TPSA) is 58.4 Å². The summed E-state index contributed by atoms with van der Waals surface area (Å²) in [6, 6.07) is 10.2. The summed E-state index contributed by atoms with van der Waals surface area (Å²) in [6.07, 6.45) is -1.16. The molecule has 9 heteroatoms. The van der Waals surface area contributed by atoms with Gasteiger partial charge in [-0.25, -0.2) is 0 Å². The molecule has 1 aliphatic heterocycles. The quantitative estimate of drug-likeness (QED) is 0.595. The summed E-state index contributed by atoms with van der Waals surface area (Å²) < 4.78 is 39.2. The second kappa shape index (κ2) is 9.90. The normalized spacial score (nSPS) is 17.3. The van der Waals surface area contributed by atoms with Gasteiger partial charge in [-0.2, -0.15) is 13.2 Å². The molecule has 1 aliphatic rings. The second-order valence-corrected chi connectivity index (χ2v) is 7.74. The minimum absolute atomic E-state index is 0. The molecule has 2 aromatic rings. The molecule has 1 fully saturated rings. The van der Waals surface area contributed by atoms with Gasteiger partial charge in [-0.15, -0.1) is 12.4 Å². The van der Waals surface area contributed by atoms with Crippen LogP contribution in [0.2, 0.25) is 5.02 Å². The van der Waals surface area contributed by atoms with Crippen molar-refractivity contribution in [1.82, 2.24) is 10.2 Å². The Kier molecular flexibility index (Phi) is 8.02. The predicted molar refractivity (Wildman–Crippen MR) is 115 cm³/mol. The van der Waals surface area contributed by atoms with Gasteiger partial charge in [0.25, 0.3) is 5.91 Å². The molecular weight excluding hydrogens is 438 g/mol. The summed E-state index contributed by atoms with van der Waals surface area (Å²) in [7, 11) is 2.12. The van der Waals surface area contributed by atoms with Gasteiger partial charge in [0.1, 0.15) is 0 Å². The summed E-state index contributed by atoms with van der Waals surface area (Å²) in [5, 5.41) is 2.33. The van der Waals surface area contributed by atoms with Crippen LogP contribution in [0.15, 0.2) is 36.4 Å². The zero-order chi connectivity index (χ0) is 21.2. The first-order valence-corrected chi connectivity index (χ1v) is 9.78. The minimum Gasteiger partial charge on any atom is -0.397 e. The van der Waals surface area contributed by atoms with Crippen LogP contribution < -0.4 is 11.1 Å². The van der Waals surface area contributed by atoms with Crippen molar-refractivity contribution in [2.24, 2.45) is 0 Å². The van der Waals surface area contributed by atoms with Crippen LogP contribution in [0, 0.1) is 0 Å². The van der Waals surface area contributed by atoms with E-state index in [1.54, 1.807) is 0 Å². The Labute approximate surface area is 185 Å². The van der Waals surface area contributed by atoms with Gasteiger partial charge in [0.05, 0.1) is 16.3 Å². The number of hydrogen-bond donors (Lipinski definition) is 2. The number of nitrogens with zero attached hydrogens (tertiary/aromatic N) is 1. The number of anilines is 1. The lowest BCUT2D eigenvalue weighted by Gasteiger charge is -2.32. The molecule has 3 N–H and O–H groups in total. The molecular formula is C21H24Cl2F3N3O. The highest BCUT2D eigenvalue weighted by atomic mass is 35.5. The molecule has 1 heterocycles. The van der Waals surface area contributed by atoms with Crippen molar-refractivity contribution in [2.45, 2.75) is 38.0 Å². The lowest BCUT2D eigenvalue weighted by molar-refractivity contribution is -0.136. The van der Waals surface area contributed by atoms with Crippen molar-refractivity contribution in [3.05, 3.63) is 63.7 Å². The van der Waals surface area contributed by atoms with E-state index in [-0.39, 0.29) is 29.5 Å². The van der Waals surface area contributed by atoms with Crippen LogP contribution in [0.25, 0.3) is 0 Å². The summed E-state index contributed by atoms with van der Waals surface area (Å²) in [5.74, 6) is -0.645. The number of amides is 1. The number of carbonyl (C=O) groups is 1. The highest BCUT2D eigenvalue weighted by Gasteiger charge is 2.34. The lowest BCUT2D eigenvalue weighted by atomic mass is 9.95. The first-order valence-electron chi connectivity index (χ1n) is 9.40. The molecule has 1 amide bonds. The summed E-state index contributed by atoms with van der Waals surface area (Å²) in [6.45, 7) is 1.27. The molecule has 0 aromatic heterocycles. The molecule has 4 nitrogen and oxygen atoms in total. The second-order valence-electron chi connectivity index (χ2n) is 7.33. The molecule has 164 valence electrons. The number of halogens is 5. The maximum atomic E-state index is 13.1. The van der Waals surface area contributed by atoms with Crippen LogP contribution in [0.4, 0.5) is 18.9 Å². The Morgan fingerprint density at radius 1 is 1.23 bits per heavy atom. The number of nitrogen functional groups attached to an aromatic ring is 1. The van der Waals surface area contributed by atoms with E-state index in [9.17, 15) is 18.0 Å². The molecule has 1 unspecified atom stereocenters. The van der Waals surface area contributed by atoms with Crippen LogP contribution >= 0.6 is 24.0 Å². The molecule has 2 aromatic carbocycles. The summed E-state index contributed by atoms with van der Waals surface area (Å²) >= 11 is 5.78. The number of piperidine rings is 1. The van der Waals surface area contributed by atoms with E-state index in [1.807, 2.05) is 24.3 Å². The average molecular weight is 462 g/mol. The van der Waals surface area contributed by atoms with E-state index in [2.05, 4.69) is 17.3 Å². The maximum Gasteiger partial charge on any atom is 0.418 e. The van der Waals surface area contributed by atoms with E-state index in [1.165, 1.54) is 18.4 Å². The highest BCUT2D eigenvalue weighted by Crippen LogP contribution is 2.37. The lowest BCUT2D eigenvalue weighted by Crippen LogP contribution is -2.29. The van der Waals surface area contributed by atoms with Crippen molar-refractivity contribution in [3.63, 3.8) is 0 Å². The fraction of sp³-hybridized carbons (Fsp3) is 0.381. The van der Waals surface area contributed by atoms with Gasteiger partial charge in [0.2, 0.25) is 0 Å². The van der Waals surface area contributed by atoms with Crippen LogP contribution in [0.1, 0.15) is 52.4 Å². The van der Waals surface area contributed by atoms with Crippen molar-refractivity contribution < 1.29 is 18.0 Å². The van der Waals surface area contributed by atoms with Crippen LogP contribution in [-0.2, 0) is 12.7 Å². The Hall–Kier alpha value is -1.96. The minimum atomic E-state index is -4.69. The van der Waals surface area contributed by atoms with Gasteiger partial charge in [-0.3, -0.25) is 9.69 Å². The van der Waals surface area contributed by atoms with E-state index >= 15 is 0 Å². The third-order valence-corrected chi connectivity index (χ3v) is 5.60. The van der Waals surface area contributed by atoms with Crippen molar-refractivity contribution in [3.8, 4) is 0 Å². The number of rotatable bonds is 4. The smallest absolute Gasteiger partial charge is 0.397 e. The Morgan fingerprint density at radius 2 is 1.90 bits per heavy atom. The number of benzene rings is 2. The van der Waals surface area contributed by atoms with Gasteiger partial charge in [0, 0.05) is 18.2 Å². The Morgan fingerprint density at radius 3 is 2.50 bits per heavy atom. The largest absolute Gasteiger partial charge is 0.418 e. The fourth-order valence-electron chi connectivity index (χ4n) is 3.62. The Balaban J connectivity index is 0.00000320. The predicted octanol–water partition coefficient (Wildman–Crippen LogP) is 5.45. The number of hydrogen-bond acceptors (Lipinski definition) is 3. The molecule has 1 saturated heterocycles. The summed E-state index contributed by atoms with van der Waals surface area (Å²) in [5.41, 5.74) is 5.60. The van der Waals surface area contributed by atoms with Crippen molar-refractivity contribution in [1.29, 1.82) is 0 Å². The number of likely N-dealkylation sites (tertiary alicyclic amines) is 1. The number of alkyl halides is 3. The van der Waals surface area contributed by atoms with E-state index in [4.69, 9.17) is 17.3 Å². The summed E-state index contributed by atoms with van der Waals surface area (Å²) in [4.78, 5) is 14.7.